The molecule has 2 heterocycles. The minimum atomic E-state index is -1.52. The molecule has 1 aliphatic heterocycles. The molecular formula is C40H50N3O8P. The zero-order valence-electron chi connectivity index (χ0n) is 31.0. The Kier molecular flexibility index (Phi) is 13.3. The molecule has 12 heteroatoms. The van der Waals surface area contributed by atoms with Gasteiger partial charge in [-0.3, -0.25) is 14.3 Å². The third-order valence-electron chi connectivity index (χ3n) is 9.04. The normalized spacial score (nSPS) is 18.2. The van der Waals surface area contributed by atoms with Crippen molar-refractivity contribution in [2.45, 2.75) is 77.2 Å². The van der Waals surface area contributed by atoms with Gasteiger partial charge in [-0.25, -0.2) is 9.46 Å². The van der Waals surface area contributed by atoms with E-state index in [9.17, 15) is 9.59 Å². The number of nitrogens with one attached hydrogen (secondary N) is 1. The molecule has 0 radical (unpaired) electrons. The Morgan fingerprint density at radius 2 is 1.46 bits per heavy atom. The van der Waals surface area contributed by atoms with Gasteiger partial charge in [-0.2, -0.15) is 0 Å². The van der Waals surface area contributed by atoms with Crippen LogP contribution in [0.5, 0.6) is 11.5 Å². The second-order valence-electron chi connectivity index (χ2n) is 13.2. The summed E-state index contributed by atoms with van der Waals surface area (Å²) in [4.78, 5) is 27.9. The molecule has 1 aromatic heterocycles. The molecule has 278 valence electrons. The van der Waals surface area contributed by atoms with Crippen molar-refractivity contribution in [2.75, 3.05) is 27.4 Å². The highest BCUT2D eigenvalue weighted by atomic mass is 31.2. The molecule has 0 amide bonds. The summed E-state index contributed by atoms with van der Waals surface area (Å²) in [6.07, 6.45) is 1.49. The van der Waals surface area contributed by atoms with Crippen LogP contribution in [0.4, 0.5) is 0 Å². The Hall–Kier alpha value is -4.09. The van der Waals surface area contributed by atoms with Gasteiger partial charge in [0.2, 0.25) is 0 Å². The maximum atomic E-state index is 13.2. The summed E-state index contributed by atoms with van der Waals surface area (Å²) in [5, 5.41) is 0. The summed E-state index contributed by atoms with van der Waals surface area (Å²) in [5.41, 5.74) is 0.816. The Balaban J connectivity index is 1.64. The lowest BCUT2D eigenvalue weighted by Crippen LogP contribution is -2.41. The summed E-state index contributed by atoms with van der Waals surface area (Å²) in [5.74, 6) is 1.41. The maximum absolute atomic E-state index is 13.2. The molecule has 1 aliphatic rings. The third kappa shape index (κ3) is 8.58. The number of hydrogen-bond acceptors (Lipinski definition) is 9. The van der Waals surface area contributed by atoms with E-state index in [0.717, 1.165) is 16.7 Å². The number of hydrogen-bond donors (Lipinski definition) is 1. The van der Waals surface area contributed by atoms with Crippen molar-refractivity contribution in [1.29, 1.82) is 0 Å². The highest BCUT2D eigenvalue weighted by Gasteiger charge is 2.47. The van der Waals surface area contributed by atoms with Crippen molar-refractivity contribution in [2.24, 2.45) is 0 Å². The topological polar surface area (TPSA) is 113 Å². The Labute approximate surface area is 307 Å². The van der Waals surface area contributed by atoms with Crippen LogP contribution in [0.25, 0.3) is 0 Å². The molecule has 4 atom stereocenters. The van der Waals surface area contributed by atoms with E-state index in [-0.39, 0.29) is 25.1 Å². The molecule has 0 saturated carbocycles. The van der Waals surface area contributed by atoms with E-state index in [4.69, 9.17) is 28.0 Å². The molecule has 1 N–H and O–H groups in total. The molecule has 1 saturated heterocycles. The standard InChI is InChI=1S/C40H50N3O8P/c1-9-23-48-52(43(27(2)3)28(4)5)49-26-36-35(24-37(50-36)42-25-29(6)38(44)41-39(42)45)51-40(30-13-11-10-12-14-30,31-15-19-33(46-7)20-16-31)32-17-21-34(47-8)22-18-32/h9-22,25,27-28,35-37H,1,23-24,26H2,2-8H3,(H,41,44,45)/t35-,36+,37+,52?/m0/s1. The second-order valence-corrected chi connectivity index (χ2v) is 14.6. The Morgan fingerprint density at radius 3 is 1.98 bits per heavy atom. The van der Waals surface area contributed by atoms with Gasteiger partial charge >= 0.3 is 5.69 Å². The molecule has 0 bridgehead atoms. The van der Waals surface area contributed by atoms with Crippen LogP contribution in [0.2, 0.25) is 0 Å². The molecule has 11 nitrogen and oxygen atoms in total. The summed E-state index contributed by atoms with van der Waals surface area (Å²) < 4.78 is 41.7. The van der Waals surface area contributed by atoms with E-state index in [1.807, 2.05) is 78.9 Å². The fourth-order valence-corrected chi connectivity index (χ4v) is 8.20. The van der Waals surface area contributed by atoms with Crippen LogP contribution < -0.4 is 20.7 Å². The molecule has 0 aliphatic carbocycles. The molecule has 5 rings (SSSR count). The smallest absolute Gasteiger partial charge is 0.330 e. The number of ether oxygens (including phenoxy) is 4. The van der Waals surface area contributed by atoms with Crippen molar-refractivity contribution < 1.29 is 28.0 Å². The molecule has 3 aromatic carbocycles. The number of methoxy groups -OCH3 is 2. The van der Waals surface area contributed by atoms with Gasteiger partial charge in [-0.05, 0) is 75.6 Å². The number of rotatable bonds is 17. The van der Waals surface area contributed by atoms with Crippen LogP contribution in [0.15, 0.2) is 107 Å². The number of aryl methyl sites for hydroxylation is 1. The Bertz CT molecular complexity index is 1810. The number of aromatic nitrogens is 2. The first kappa shape index (κ1) is 39.1. The van der Waals surface area contributed by atoms with Crippen LogP contribution in [0, 0.1) is 6.92 Å². The lowest BCUT2D eigenvalue weighted by molar-refractivity contribution is -0.0974. The van der Waals surface area contributed by atoms with Crippen molar-refractivity contribution in [3.05, 3.63) is 141 Å². The average Bonchev–Trinajstić information content (AvgIpc) is 3.55. The van der Waals surface area contributed by atoms with Crippen molar-refractivity contribution >= 4 is 8.53 Å². The SMILES string of the molecule is C=CCOP(OC[C@H]1O[C@@H](n2cc(C)c(=O)[nH]c2=O)C[C@@H]1OC(c1ccccc1)(c1ccc(OC)cc1)c1ccc(OC)cc1)N(C(C)C)C(C)C. The molecule has 4 aromatic rings. The average molecular weight is 732 g/mol. The van der Waals surface area contributed by atoms with Gasteiger partial charge in [0.25, 0.3) is 14.1 Å². The zero-order valence-corrected chi connectivity index (χ0v) is 31.9. The Morgan fingerprint density at radius 1 is 0.904 bits per heavy atom. The second kappa shape index (κ2) is 17.6. The molecule has 52 heavy (non-hydrogen) atoms. The van der Waals surface area contributed by atoms with Gasteiger partial charge in [-0.1, -0.05) is 60.7 Å². The summed E-state index contributed by atoms with van der Waals surface area (Å²) in [6.45, 7) is 14.3. The number of nitrogens with zero attached hydrogens (tertiary/aromatic N) is 2. The van der Waals surface area contributed by atoms with E-state index in [1.165, 1.54) is 10.8 Å². The van der Waals surface area contributed by atoms with Crippen LogP contribution in [-0.2, 0) is 24.1 Å². The van der Waals surface area contributed by atoms with Crippen LogP contribution in [0.3, 0.4) is 0 Å². The highest BCUT2D eigenvalue weighted by Crippen LogP contribution is 2.49. The van der Waals surface area contributed by atoms with Crippen LogP contribution in [0.1, 0.15) is 62.6 Å². The largest absolute Gasteiger partial charge is 0.497 e. The number of H-pyrrole nitrogens is 1. The zero-order chi connectivity index (χ0) is 37.4. The van der Waals surface area contributed by atoms with E-state index in [2.05, 4.69) is 43.9 Å². The van der Waals surface area contributed by atoms with Gasteiger partial charge in [0.15, 0.2) is 0 Å². The first-order chi connectivity index (χ1) is 25.0. The van der Waals surface area contributed by atoms with Gasteiger partial charge in [0.05, 0.1) is 33.5 Å². The lowest BCUT2D eigenvalue weighted by Gasteiger charge is -2.39. The molecule has 0 spiro atoms. The first-order valence-electron chi connectivity index (χ1n) is 17.5. The van der Waals surface area contributed by atoms with Crippen molar-refractivity contribution in [3.63, 3.8) is 0 Å². The van der Waals surface area contributed by atoms with Crippen molar-refractivity contribution in [3.8, 4) is 11.5 Å². The molecular weight excluding hydrogens is 681 g/mol. The van der Waals surface area contributed by atoms with E-state index >= 15 is 0 Å². The summed E-state index contributed by atoms with van der Waals surface area (Å²) in [7, 11) is 1.74. The van der Waals surface area contributed by atoms with Crippen molar-refractivity contribution in [1.82, 2.24) is 14.2 Å². The first-order valence-corrected chi connectivity index (χ1v) is 18.6. The van der Waals surface area contributed by atoms with E-state index in [0.29, 0.717) is 23.7 Å². The van der Waals surface area contributed by atoms with Gasteiger partial charge in [0.1, 0.15) is 29.4 Å². The number of benzene rings is 3. The minimum absolute atomic E-state index is 0.104. The fraction of sp³-hybridized carbons (Fsp3) is 0.400. The van der Waals surface area contributed by atoms with E-state index in [1.54, 1.807) is 27.2 Å². The third-order valence-corrected chi connectivity index (χ3v) is 11.1. The monoisotopic (exact) mass is 731 g/mol. The van der Waals surface area contributed by atoms with Gasteiger partial charge in [0, 0.05) is 30.3 Å². The predicted octanol–water partition coefficient (Wildman–Crippen LogP) is 7.09. The van der Waals surface area contributed by atoms with Gasteiger partial charge < -0.3 is 28.0 Å². The maximum Gasteiger partial charge on any atom is 0.330 e. The van der Waals surface area contributed by atoms with E-state index < -0.39 is 43.8 Å². The predicted molar refractivity (Wildman–Crippen MR) is 203 cm³/mol. The molecule has 1 unspecified atom stereocenters. The van der Waals surface area contributed by atoms with Crippen LogP contribution >= 0.6 is 8.53 Å². The number of aromatic amines is 1. The lowest BCUT2D eigenvalue weighted by atomic mass is 9.79. The highest BCUT2D eigenvalue weighted by molar-refractivity contribution is 7.44. The van der Waals surface area contributed by atoms with Gasteiger partial charge in [-0.15, -0.1) is 6.58 Å². The quantitative estimate of drug-likeness (QED) is 0.0691. The summed E-state index contributed by atoms with van der Waals surface area (Å²) >= 11 is 0. The fourth-order valence-electron chi connectivity index (χ4n) is 6.60. The summed E-state index contributed by atoms with van der Waals surface area (Å²) in [6, 6.07) is 25.9. The molecule has 1 fully saturated rings. The van der Waals surface area contributed by atoms with Crippen LogP contribution in [-0.4, -0.2) is 65.9 Å². The minimum Gasteiger partial charge on any atom is -0.497 e.